The number of aromatic nitrogens is 1. The first-order chi connectivity index (χ1) is 5.25. The van der Waals surface area contributed by atoms with Crippen LogP contribution in [-0.4, -0.2) is 4.40 Å². The highest BCUT2D eigenvalue weighted by molar-refractivity contribution is 6.30. The van der Waals surface area contributed by atoms with Crippen LogP contribution in [0.25, 0.3) is 5.52 Å². The van der Waals surface area contributed by atoms with E-state index in [0.29, 0.717) is 0 Å². The molecule has 0 saturated heterocycles. The number of hydrogen-bond donors (Lipinski definition) is 0. The number of rotatable bonds is 0. The van der Waals surface area contributed by atoms with E-state index in [1.165, 1.54) is 11.1 Å². The average Bonchev–Trinajstić information content (AvgIpc) is 2.27. The predicted molar refractivity (Wildman–Crippen MR) is 47.1 cm³/mol. The third-order valence-electron chi connectivity index (χ3n) is 1.69. The summed E-state index contributed by atoms with van der Waals surface area (Å²) < 4.78 is 2.03. The smallest absolute Gasteiger partial charge is 0.0572 e. The molecule has 0 aliphatic heterocycles. The summed E-state index contributed by atoms with van der Waals surface area (Å²) in [6, 6.07) is 6.03. The summed E-state index contributed by atoms with van der Waals surface area (Å²) in [5, 5.41) is 0.771. The molecule has 0 atom stereocenters. The van der Waals surface area contributed by atoms with Crippen LogP contribution in [0.1, 0.15) is 5.56 Å². The van der Waals surface area contributed by atoms with E-state index in [1.54, 1.807) is 0 Å². The number of hydrogen-bond acceptors (Lipinski definition) is 0. The second-order valence-electron chi connectivity index (χ2n) is 2.70. The maximum atomic E-state index is 5.81. The molecule has 2 aromatic rings. The number of nitrogens with zero attached hydrogens (tertiary/aromatic N) is 1. The molecule has 2 rings (SSSR count). The minimum Gasteiger partial charge on any atom is -0.322 e. The van der Waals surface area contributed by atoms with Crippen LogP contribution in [0.15, 0.2) is 30.6 Å². The Kier molecular flexibility index (Phi) is 1.40. The summed E-state index contributed by atoms with van der Waals surface area (Å²) in [5.41, 5.74) is 2.44. The molecular formula is C9H8ClN. The first-order valence-corrected chi connectivity index (χ1v) is 3.87. The quantitative estimate of drug-likeness (QED) is 0.566. The molecule has 0 fully saturated rings. The second-order valence-corrected chi connectivity index (χ2v) is 3.13. The lowest BCUT2D eigenvalue weighted by molar-refractivity contribution is 1.19. The molecule has 1 nitrogen and oxygen atoms in total. The Morgan fingerprint density at radius 2 is 2.09 bits per heavy atom. The Balaban J connectivity index is 2.82. The number of aryl methyl sites for hydroxylation is 1. The van der Waals surface area contributed by atoms with E-state index in [2.05, 4.69) is 19.2 Å². The zero-order valence-electron chi connectivity index (χ0n) is 6.21. The molecular weight excluding hydrogens is 158 g/mol. The monoisotopic (exact) mass is 165 g/mol. The SMILES string of the molecule is Cc1cc2ccc(Cl)cn2c1. The average molecular weight is 166 g/mol. The van der Waals surface area contributed by atoms with Crippen molar-refractivity contribution in [3.8, 4) is 0 Å². The van der Waals surface area contributed by atoms with Gasteiger partial charge in [-0.05, 0) is 30.7 Å². The minimum atomic E-state index is 0.771. The van der Waals surface area contributed by atoms with Gasteiger partial charge in [0.2, 0.25) is 0 Å². The predicted octanol–water partition coefficient (Wildman–Crippen LogP) is 2.90. The molecule has 56 valence electrons. The van der Waals surface area contributed by atoms with Crippen LogP contribution in [0.4, 0.5) is 0 Å². The van der Waals surface area contributed by atoms with Gasteiger partial charge in [0, 0.05) is 17.9 Å². The lowest BCUT2D eigenvalue weighted by atomic mass is 10.3. The van der Waals surface area contributed by atoms with Crippen molar-refractivity contribution in [2.75, 3.05) is 0 Å². The van der Waals surface area contributed by atoms with Gasteiger partial charge in [0.15, 0.2) is 0 Å². The lowest BCUT2D eigenvalue weighted by Crippen LogP contribution is -1.78. The maximum absolute atomic E-state index is 5.81. The fraction of sp³-hybridized carbons (Fsp3) is 0.111. The Hall–Kier alpha value is -0.950. The van der Waals surface area contributed by atoms with Crippen LogP contribution < -0.4 is 0 Å². The van der Waals surface area contributed by atoms with E-state index in [-0.39, 0.29) is 0 Å². The molecule has 0 bridgehead atoms. The zero-order chi connectivity index (χ0) is 7.84. The van der Waals surface area contributed by atoms with Gasteiger partial charge in [-0.2, -0.15) is 0 Å². The Morgan fingerprint density at radius 1 is 1.27 bits per heavy atom. The van der Waals surface area contributed by atoms with Crippen LogP contribution in [0.3, 0.4) is 0 Å². The first kappa shape index (κ1) is 6.74. The molecule has 0 saturated carbocycles. The van der Waals surface area contributed by atoms with Crippen molar-refractivity contribution in [1.82, 2.24) is 4.40 Å². The van der Waals surface area contributed by atoms with Crippen LogP contribution >= 0.6 is 11.6 Å². The van der Waals surface area contributed by atoms with Crippen molar-refractivity contribution in [2.24, 2.45) is 0 Å². The van der Waals surface area contributed by atoms with Gasteiger partial charge in [-0.1, -0.05) is 11.6 Å². The molecule has 0 amide bonds. The van der Waals surface area contributed by atoms with Gasteiger partial charge in [-0.25, -0.2) is 0 Å². The fourth-order valence-electron chi connectivity index (χ4n) is 1.23. The number of halogens is 1. The van der Waals surface area contributed by atoms with E-state index in [4.69, 9.17) is 11.6 Å². The number of pyridine rings is 1. The van der Waals surface area contributed by atoms with Crippen molar-refractivity contribution in [3.63, 3.8) is 0 Å². The van der Waals surface area contributed by atoms with Gasteiger partial charge >= 0.3 is 0 Å². The summed E-state index contributed by atoms with van der Waals surface area (Å²) in [4.78, 5) is 0. The van der Waals surface area contributed by atoms with Gasteiger partial charge in [-0.15, -0.1) is 0 Å². The normalized spacial score (nSPS) is 10.7. The highest BCUT2D eigenvalue weighted by atomic mass is 35.5. The molecule has 0 N–H and O–H groups in total. The molecule has 2 heterocycles. The Labute approximate surface area is 70.2 Å². The van der Waals surface area contributed by atoms with E-state index < -0.39 is 0 Å². The number of fused-ring (bicyclic) bond motifs is 1. The molecule has 0 aliphatic carbocycles. The summed E-state index contributed by atoms with van der Waals surface area (Å²) in [6.07, 6.45) is 3.96. The van der Waals surface area contributed by atoms with E-state index in [0.717, 1.165) is 5.02 Å². The summed E-state index contributed by atoms with van der Waals surface area (Å²) in [5.74, 6) is 0. The third kappa shape index (κ3) is 1.12. The maximum Gasteiger partial charge on any atom is 0.0572 e. The van der Waals surface area contributed by atoms with Crippen molar-refractivity contribution in [1.29, 1.82) is 0 Å². The molecule has 0 aromatic carbocycles. The van der Waals surface area contributed by atoms with Gasteiger partial charge in [-0.3, -0.25) is 0 Å². The van der Waals surface area contributed by atoms with Gasteiger partial charge < -0.3 is 4.40 Å². The lowest BCUT2D eigenvalue weighted by Gasteiger charge is -1.92. The fourth-order valence-corrected chi connectivity index (χ4v) is 1.39. The standard InChI is InChI=1S/C9H8ClN/c1-7-4-9-3-2-8(10)6-11(9)5-7/h2-6H,1H3. The summed E-state index contributed by atoms with van der Waals surface area (Å²) in [6.45, 7) is 2.07. The van der Waals surface area contributed by atoms with Crippen molar-refractivity contribution in [2.45, 2.75) is 6.92 Å². The van der Waals surface area contributed by atoms with Crippen molar-refractivity contribution < 1.29 is 0 Å². The van der Waals surface area contributed by atoms with Crippen LogP contribution in [0.5, 0.6) is 0 Å². The first-order valence-electron chi connectivity index (χ1n) is 3.49. The zero-order valence-corrected chi connectivity index (χ0v) is 6.97. The van der Waals surface area contributed by atoms with Crippen LogP contribution in [-0.2, 0) is 0 Å². The van der Waals surface area contributed by atoms with E-state index in [1.807, 2.05) is 22.7 Å². The summed E-state index contributed by atoms with van der Waals surface area (Å²) >= 11 is 5.81. The van der Waals surface area contributed by atoms with Crippen molar-refractivity contribution in [3.05, 3.63) is 41.2 Å². The van der Waals surface area contributed by atoms with Crippen LogP contribution in [0.2, 0.25) is 5.02 Å². The molecule has 0 spiro atoms. The highest BCUT2D eigenvalue weighted by Crippen LogP contribution is 2.13. The van der Waals surface area contributed by atoms with Gasteiger partial charge in [0.05, 0.1) is 5.02 Å². The summed E-state index contributed by atoms with van der Waals surface area (Å²) in [7, 11) is 0. The topological polar surface area (TPSA) is 4.41 Å². The van der Waals surface area contributed by atoms with Crippen molar-refractivity contribution >= 4 is 17.1 Å². The van der Waals surface area contributed by atoms with Gasteiger partial charge in [0.25, 0.3) is 0 Å². The molecule has 11 heavy (non-hydrogen) atoms. The Morgan fingerprint density at radius 3 is 2.91 bits per heavy atom. The highest BCUT2D eigenvalue weighted by Gasteiger charge is 1.94. The van der Waals surface area contributed by atoms with Crippen LogP contribution in [0, 0.1) is 6.92 Å². The molecule has 2 heteroatoms. The molecule has 0 aliphatic rings. The van der Waals surface area contributed by atoms with Gasteiger partial charge in [0.1, 0.15) is 0 Å². The minimum absolute atomic E-state index is 0.771. The largest absolute Gasteiger partial charge is 0.322 e. The molecule has 0 unspecified atom stereocenters. The molecule has 2 aromatic heterocycles. The van der Waals surface area contributed by atoms with E-state index >= 15 is 0 Å². The third-order valence-corrected chi connectivity index (χ3v) is 1.92. The Bertz CT molecular complexity index is 389. The molecule has 0 radical (unpaired) electrons. The second kappa shape index (κ2) is 2.28. The van der Waals surface area contributed by atoms with E-state index in [9.17, 15) is 0 Å².